The van der Waals surface area contributed by atoms with Crippen molar-refractivity contribution in [3.8, 4) is 0 Å². The van der Waals surface area contributed by atoms with Gasteiger partial charge in [0.25, 0.3) is 11.8 Å². The summed E-state index contributed by atoms with van der Waals surface area (Å²) in [7, 11) is 0. The minimum absolute atomic E-state index is 0.0487. The summed E-state index contributed by atoms with van der Waals surface area (Å²) in [4.78, 5) is 39.7. The van der Waals surface area contributed by atoms with Crippen LogP contribution in [-0.4, -0.2) is 71.6 Å². The van der Waals surface area contributed by atoms with E-state index in [1.165, 1.54) is 0 Å². The fourth-order valence-electron chi connectivity index (χ4n) is 3.65. The highest BCUT2D eigenvalue weighted by Crippen LogP contribution is 2.23. The SMILES string of the molecule is CCOC(=O)[C@@H]1CCCN(C[C@@H](O)CN2C(=O)c3ccccc3C2=O)C1. The van der Waals surface area contributed by atoms with Gasteiger partial charge in [0.2, 0.25) is 0 Å². The van der Waals surface area contributed by atoms with E-state index in [4.69, 9.17) is 4.74 Å². The highest BCUT2D eigenvalue weighted by molar-refractivity contribution is 6.21. The Kier molecular flexibility index (Phi) is 5.68. The molecule has 1 aromatic carbocycles. The van der Waals surface area contributed by atoms with Crippen LogP contribution < -0.4 is 0 Å². The minimum Gasteiger partial charge on any atom is -0.466 e. The lowest BCUT2D eigenvalue weighted by Crippen LogP contribution is -2.46. The predicted octanol–water partition coefficient (Wildman–Crippen LogP) is 0.919. The molecule has 0 spiro atoms. The van der Waals surface area contributed by atoms with E-state index in [0.717, 1.165) is 24.3 Å². The second kappa shape index (κ2) is 7.97. The molecule has 7 heteroatoms. The zero-order chi connectivity index (χ0) is 18.7. The molecule has 0 bridgehead atoms. The van der Waals surface area contributed by atoms with Crippen LogP contribution in [0.2, 0.25) is 0 Å². The Hall–Kier alpha value is -2.25. The average molecular weight is 360 g/mol. The third kappa shape index (κ3) is 3.78. The molecule has 2 aliphatic rings. The first-order valence-electron chi connectivity index (χ1n) is 9.03. The molecule has 0 saturated carbocycles. The zero-order valence-electron chi connectivity index (χ0n) is 14.9. The number of fused-ring (bicyclic) bond motifs is 1. The molecular weight excluding hydrogens is 336 g/mol. The van der Waals surface area contributed by atoms with Gasteiger partial charge in [-0.15, -0.1) is 0 Å². The van der Waals surface area contributed by atoms with Gasteiger partial charge in [-0.3, -0.25) is 24.2 Å². The van der Waals surface area contributed by atoms with Crippen LogP contribution in [0, 0.1) is 5.92 Å². The lowest BCUT2D eigenvalue weighted by Gasteiger charge is -2.33. The summed E-state index contributed by atoms with van der Waals surface area (Å²) >= 11 is 0. The van der Waals surface area contributed by atoms with Gasteiger partial charge >= 0.3 is 5.97 Å². The number of hydrogen-bond donors (Lipinski definition) is 1. The maximum absolute atomic E-state index is 12.4. The molecule has 1 saturated heterocycles. The molecule has 0 aromatic heterocycles. The summed E-state index contributed by atoms with van der Waals surface area (Å²) in [5.74, 6) is -1.12. The van der Waals surface area contributed by atoms with E-state index in [0.29, 0.717) is 30.8 Å². The summed E-state index contributed by atoms with van der Waals surface area (Å²) in [6.07, 6.45) is 0.769. The van der Waals surface area contributed by atoms with Gasteiger partial charge in [0.1, 0.15) is 0 Å². The van der Waals surface area contributed by atoms with E-state index in [-0.39, 0.29) is 30.2 Å². The smallest absolute Gasteiger partial charge is 0.310 e. The number of aliphatic hydroxyl groups is 1. The van der Waals surface area contributed by atoms with Gasteiger partial charge < -0.3 is 9.84 Å². The standard InChI is InChI=1S/C19H24N2O5/c1-2-26-19(25)13-6-5-9-20(10-13)11-14(22)12-21-17(23)15-7-3-4-8-16(15)18(21)24/h3-4,7-8,13-14,22H,2,5-6,9-12H2,1H3/t13-,14-/m1/s1. The molecule has 1 N–H and O–H groups in total. The number of piperidine rings is 1. The Morgan fingerprint density at radius 1 is 1.23 bits per heavy atom. The quantitative estimate of drug-likeness (QED) is 0.600. The van der Waals surface area contributed by atoms with E-state index in [1.54, 1.807) is 31.2 Å². The van der Waals surface area contributed by atoms with Gasteiger partial charge in [-0.1, -0.05) is 12.1 Å². The number of imide groups is 1. The van der Waals surface area contributed by atoms with Crippen LogP contribution in [0.4, 0.5) is 0 Å². The molecule has 7 nitrogen and oxygen atoms in total. The number of aliphatic hydroxyl groups excluding tert-OH is 1. The molecule has 2 aliphatic heterocycles. The molecule has 26 heavy (non-hydrogen) atoms. The summed E-state index contributed by atoms with van der Waals surface area (Å²) in [5, 5.41) is 10.4. The van der Waals surface area contributed by atoms with Gasteiger partial charge in [0.15, 0.2) is 0 Å². The topological polar surface area (TPSA) is 87.2 Å². The number of carbonyl (C=O) groups excluding carboxylic acids is 3. The van der Waals surface area contributed by atoms with Crippen molar-refractivity contribution >= 4 is 17.8 Å². The number of amides is 2. The number of nitrogens with zero attached hydrogens (tertiary/aromatic N) is 2. The number of ether oxygens (including phenoxy) is 1. The van der Waals surface area contributed by atoms with E-state index in [2.05, 4.69) is 0 Å². The number of hydrogen-bond acceptors (Lipinski definition) is 6. The number of carbonyl (C=O) groups is 3. The molecule has 1 fully saturated rings. The van der Waals surface area contributed by atoms with Crippen molar-refractivity contribution in [3.05, 3.63) is 35.4 Å². The van der Waals surface area contributed by atoms with Gasteiger partial charge in [0.05, 0.1) is 36.3 Å². The zero-order valence-corrected chi connectivity index (χ0v) is 14.9. The molecule has 2 heterocycles. The van der Waals surface area contributed by atoms with Crippen LogP contribution in [0.5, 0.6) is 0 Å². The average Bonchev–Trinajstić information content (AvgIpc) is 2.87. The molecule has 2 amide bonds. The van der Waals surface area contributed by atoms with Crippen LogP contribution in [0.1, 0.15) is 40.5 Å². The van der Waals surface area contributed by atoms with Gasteiger partial charge in [0, 0.05) is 13.1 Å². The largest absolute Gasteiger partial charge is 0.466 e. The Balaban J connectivity index is 1.56. The number of β-amino-alcohol motifs (C(OH)–C–C–N with tert-alkyl or cyclic N) is 1. The summed E-state index contributed by atoms with van der Waals surface area (Å²) in [6.45, 7) is 3.70. The van der Waals surface area contributed by atoms with Crippen molar-refractivity contribution in [2.45, 2.75) is 25.9 Å². The molecule has 0 radical (unpaired) electrons. The minimum atomic E-state index is -0.863. The van der Waals surface area contributed by atoms with Crippen molar-refractivity contribution < 1.29 is 24.2 Å². The fourth-order valence-corrected chi connectivity index (χ4v) is 3.65. The van der Waals surface area contributed by atoms with Gasteiger partial charge in [-0.25, -0.2) is 0 Å². The van der Waals surface area contributed by atoms with Crippen molar-refractivity contribution in [3.63, 3.8) is 0 Å². The van der Waals surface area contributed by atoms with Crippen molar-refractivity contribution in [2.75, 3.05) is 32.8 Å². The first-order valence-corrected chi connectivity index (χ1v) is 9.03. The summed E-state index contributed by atoms with van der Waals surface area (Å²) < 4.78 is 5.08. The summed E-state index contributed by atoms with van der Waals surface area (Å²) in [5.41, 5.74) is 0.759. The molecule has 0 aliphatic carbocycles. The number of esters is 1. The highest BCUT2D eigenvalue weighted by Gasteiger charge is 2.36. The Labute approximate surface area is 152 Å². The molecular formula is C19H24N2O5. The molecule has 140 valence electrons. The number of rotatable bonds is 6. The number of likely N-dealkylation sites (tertiary alicyclic amines) is 1. The van der Waals surface area contributed by atoms with Crippen LogP contribution in [-0.2, 0) is 9.53 Å². The third-order valence-corrected chi connectivity index (χ3v) is 4.87. The highest BCUT2D eigenvalue weighted by atomic mass is 16.5. The summed E-state index contributed by atoms with van der Waals surface area (Å²) in [6, 6.07) is 6.67. The lowest BCUT2D eigenvalue weighted by molar-refractivity contribution is -0.150. The van der Waals surface area contributed by atoms with Crippen LogP contribution >= 0.6 is 0 Å². The molecule has 3 rings (SSSR count). The maximum atomic E-state index is 12.4. The first-order chi connectivity index (χ1) is 12.5. The monoisotopic (exact) mass is 360 g/mol. The second-order valence-electron chi connectivity index (χ2n) is 6.77. The van der Waals surface area contributed by atoms with E-state index >= 15 is 0 Å². The van der Waals surface area contributed by atoms with Crippen molar-refractivity contribution in [1.82, 2.24) is 9.80 Å². The Morgan fingerprint density at radius 2 is 1.88 bits per heavy atom. The van der Waals surface area contributed by atoms with E-state index in [1.807, 2.05) is 4.90 Å². The lowest BCUT2D eigenvalue weighted by atomic mass is 9.98. The Bertz CT molecular complexity index is 670. The molecule has 2 atom stereocenters. The van der Waals surface area contributed by atoms with Gasteiger partial charge in [-0.05, 0) is 38.4 Å². The molecule has 0 unspecified atom stereocenters. The van der Waals surface area contributed by atoms with Crippen LogP contribution in [0.25, 0.3) is 0 Å². The van der Waals surface area contributed by atoms with E-state index < -0.39 is 6.10 Å². The molecule has 1 aromatic rings. The third-order valence-electron chi connectivity index (χ3n) is 4.87. The maximum Gasteiger partial charge on any atom is 0.310 e. The first kappa shape index (κ1) is 18.5. The Morgan fingerprint density at radius 3 is 2.50 bits per heavy atom. The van der Waals surface area contributed by atoms with Gasteiger partial charge in [-0.2, -0.15) is 0 Å². The van der Waals surface area contributed by atoms with Crippen molar-refractivity contribution in [1.29, 1.82) is 0 Å². The predicted molar refractivity (Wildman–Crippen MR) is 93.6 cm³/mol. The van der Waals surface area contributed by atoms with Crippen molar-refractivity contribution in [2.24, 2.45) is 5.92 Å². The van der Waals surface area contributed by atoms with Crippen LogP contribution in [0.3, 0.4) is 0 Å². The fraction of sp³-hybridized carbons (Fsp3) is 0.526. The number of benzene rings is 1. The second-order valence-corrected chi connectivity index (χ2v) is 6.77. The van der Waals surface area contributed by atoms with E-state index in [9.17, 15) is 19.5 Å². The van der Waals surface area contributed by atoms with Crippen LogP contribution in [0.15, 0.2) is 24.3 Å². The normalized spacial score (nSPS) is 21.6.